The third kappa shape index (κ3) is 2.33. The van der Waals surface area contributed by atoms with Crippen molar-refractivity contribution in [3.05, 3.63) is 28.9 Å². The van der Waals surface area contributed by atoms with Crippen LogP contribution in [0.15, 0.2) is 23.2 Å². The number of halogens is 1. The maximum Gasteiger partial charge on any atom is 0.303 e. The van der Waals surface area contributed by atoms with Crippen LogP contribution in [-0.4, -0.2) is 25.4 Å². The maximum absolute atomic E-state index is 10.4. The van der Waals surface area contributed by atoms with Crippen molar-refractivity contribution in [3.8, 4) is 0 Å². The van der Waals surface area contributed by atoms with Crippen LogP contribution < -0.4 is 0 Å². The maximum atomic E-state index is 10.4. The van der Waals surface area contributed by atoms with Gasteiger partial charge in [-0.2, -0.15) is 0 Å². The molecule has 2 aromatic rings. The molecule has 2 aromatic heterocycles. The number of aryl methyl sites for hydroxylation is 1. The Hall–Kier alpha value is -1.43. The molecular weight excluding hydrogens is 262 g/mol. The average Bonchev–Trinajstić information content (AvgIpc) is 2.56. The summed E-state index contributed by atoms with van der Waals surface area (Å²) in [6, 6.07) is 0. The Morgan fingerprint density at radius 1 is 1.53 bits per heavy atom. The van der Waals surface area contributed by atoms with E-state index in [9.17, 15) is 4.79 Å². The topological polar surface area (TPSA) is 67.5 Å². The summed E-state index contributed by atoms with van der Waals surface area (Å²) in [5, 5.41) is 8.54. The van der Waals surface area contributed by atoms with Gasteiger partial charge in [-0.25, -0.2) is 9.97 Å². The van der Waals surface area contributed by atoms with Gasteiger partial charge in [0.1, 0.15) is 4.60 Å². The van der Waals surface area contributed by atoms with Crippen molar-refractivity contribution in [3.63, 3.8) is 0 Å². The third-order valence-corrected chi connectivity index (χ3v) is 2.36. The Morgan fingerprint density at radius 3 is 3.07 bits per heavy atom. The molecule has 0 unspecified atom stereocenters. The van der Waals surface area contributed by atoms with Crippen LogP contribution in [0.4, 0.5) is 0 Å². The van der Waals surface area contributed by atoms with Crippen LogP contribution in [0.1, 0.15) is 12.1 Å². The van der Waals surface area contributed by atoms with E-state index in [0.717, 1.165) is 15.9 Å². The highest BCUT2D eigenvalue weighted by Crippen LogP contribution is 2.10. The van der Waals surface area contributed by atoms with Crippen LogP contribution in [0.3, 0.4) is 0 Å². The van der Waals surface area contributed by atoms with Crippen molar-refractivity contribution < 1.29 is 9.90 Å². The summed E-state index contributed by atoms with van der Waals surface area (Å²) < 4.78 is 2.53. The van der Waals surface area contributed by atoms with Crippen molar-refractivity contribution >= 4 is 27.5 Å². The van der Waals surface area contributed by atoms with E-state index in [0.29, 0.717) is 6.42 Å². The van der Waals surface area contributed by atoms with Crippen molar-refractivity contribution in [1.29, 1.82) is 0 Å². The molecule has 0 atom stereocenters. The summed E-state index contributed by atoms with van der Waals surface area (Å²) in [7, 11) is 0. The second-order valence-corrected chi connectivity index (χ2v) is 3.91. The van der Waals surface area contributed by atoms with Gasteiger partial charge in [0.05, 0.1) is 18.3 Å². The lowest BCUT2D eigenvalue weighted by molar-refractivity contribution is -0.136. The zero-order chi connectivity index (χ0) is 10.8. The van der Waals surface area contributed by atoms with Gasteiger partial charge in [-0.3, -0.25) is 4.79 Å². The molecule has 0 spiro atoms. The molecule has 2 rings (SSSR count). The molecule has 1 N–H and O–H groups in total. The summed E-state index contributed by atoms with van der Waals surface area (Å²) in [4.78, 5) is 18.7. The Kier molecular flexibility index (Phi) is 2.68. The Labute approximate surface area is 93.9 Å². The fourth-order valence-corrected chi connectivity index (χ4v) is 1.61. The zero-order valence-electron chi connectivity index (χ0n) is 7.72. The number of carboxylic acid groups (broad SMARTS) is 1. The molecule has 0 aliphatic heterocycles. The Morgan fingerprint density at radius 2 is 2.33 bits per heavy atom. The number of rotatable bonds is 3. The van der Waals surface area contributed by atoms with Crippen molar-refractivity contribution in [1.82, 2.24) is 14.4 Å². The molecule has 0 bridgehead atoms. The minimum Gasteiger partial charge on any atom is -0.481 e. The van der Waals surface area contributed by atoms with Crippen LogP contribution in [0.25, 0.3) is 5.65 Å². The van der Waals surface area contributed by atoms with E-state index in [-0.39, 0.29) is 6.42 Å². The van der Waals surface area contributed by atoms with Gasteiger partial charge in [-0.1, -0.05) is 0 Å². The zero-order valence-corrected chi connectivity index (χ0v) is 9.31. The fourth-order valence-electron chi connectivity index (χ4n) is 1.28. The quantitative estimate of drug-likeness (QED) is 0.917. The summed E-state index contributed by atoms with van der Waals surface area (Å²) in [5.74, 6) is -0.814. The monoisotopic (exact) mass is 269 g/mol. The molecule has 78 valence electrons. The van der Waals surface area contributed by atoms with Gasteiger partial charge in [0.15, 0.2) is 5.65 Å². The van der Waals surface area contributed by atoms with E-state index in [1.807, 2.05) is 10.6 Å². The Balaban J connectivity index is 2.27. The van der Waals surface area contributed by atoms with E-state index in [1.54, 1.807) is 12.4 Å². The Bertz CT molecular complexity index is 509. The number of fused-ring (bicyclic) bond motifs is 1. The van der Waals surface area contributed by atoms with E-state index >= 15 is 0 Å². The second kappa shape index (κ2) is 3.98. The summed E-state index contributed by atoms with van der Waals surface area (Å²) in [6.07, 6.45) is 5.76. The first-order valence-electron chi connectivity index (χ1n) is 4.36. The van der Waals surface area contributed by atoms with Crippen molar-refractivity contribution in [2.75, 3.05) is 0 Å². The first-order chi connectivity index (χ1) is 7.15. The van der Waals surface area contributed by atoms with Crippen LogP contribution in [0.5, 0.6) is 0 Å². The highest BCUT2D eigenvalue weighted by atomic mass is 79.9. The molecular formula is C9H8BrN3O2. The summed E-state index contributed by atoms with van der Waals surface area (Å²) >= 11 is 3.25. The van der Waals surface area contributed by atoms with Gasteiger partial charge in [0, 0.05) is 18.8 Å². The first-order valence-corrected chi connectivity index (χ1v) is 5.15. The molecule has 15 heavy (non-hydrogen) atoms. The lowest BCUT2D eigenvalue weighted by Gasteiger charge is -1.90. The highest BCUT2D eigenvalue weighted by molar-refractivity contribution is 9.10. The second-order valence-electron chi connectivity index (χ2n) is 3.10. The molecule has 5 nitrogen and oxygen atoms in total. The number of aliphatic carboxylic acids is 1. The van der Waals surface area contributed by atoms with Crippen LogP contribution in [-0.2, 0) is 11.2 Å². The summed E-state index contributed by atoms with van der Waals surface area (Å²) in [5.41, 5.74) is 1.48. The van der Waals surface area contributed by atoms with Gasteiger partial charge in [0.2, 0.25) is 0 Å². The van der Waals surface area contributed by atoms with Gasteiger partial charge in [-0.15, -0.1) is 0 Å². The lowest BCUT2D eigenvalue weighted by atomic mass is 10.2. The molecule has 0 saturated heterocycles. The van der Waals surface area contributed by atoms with Gasteiger partial charge in [0.25, 0.3) is 0 Å². The smallest absolute Gasteiger partial charge is 0.303 e. The average molecular weight is 270 g/mol. The number of hydrogen-bond acceptors (Lipinski definition) is 3. The van der Waals surface area contributed by atoms with E-state index in [4.69, 9.17) is 5.11 Å². The van der Waals surface area contributed by atoms with E-state index in [2.05, 4.69) is 25.9 Å². The molecule has 6 heteroatoms. The van der Waals surface area contributed by atoms with Gasteiger partial charge < -0.3 is 9.51 Å². The molecule has 0 radical (unpaired) electrons. The first kappa shape index (κ1) is 10.1. The van der Waals surface area contributed by atoms with Crippen LogP contribution in [0, 0.1) is 0 Å². The minimum absolute atomic E-state index is 0.0957. The van der Waals surface area contributed by atoms with Gasteiger partial charge in [-0.05, 0) is 15.9 Å². The van der Waals surface area contributed by atoms with Crippen molar-refractivity contribution in [2.24, 2.45) is 0 Å². The molecule has 0 aromatic carbocycles. The third-order valence-electron chi connectivity index (χ3n) is 1.95. The van der Waals surface area contributed by atoms with Gasteiger partial charge >= 0.3 is 5.97 Å². The molecule has 0 saturated carbocycles. The molecule has 0 amide bonds. The number of nitrogens with zero attached hydrogens (tertiary/aromatic N) is 3. The number of hydrogen-bond donors (Lipinski definition) is 1. The normalized spacial score (nSPS) is 10.7. The van der Waals surface area contributed by atoms with E-state index in [1.165, 1.54) is 0 Å². The number of carbonyl (C=O) groups is 1. The molecule has 0 aliphatic carbocycles. The largest absolute Gasteiger partial charge is 0.481 e. The standard InChI is InChI=1S/C9H8BrN3O2/c10-7-5-13-4-6(1-2-9(14)15)12-8(13)3-11-7/h3-5H,1-2H2,(H,14,15). The SMILES string of the molecule is O=C(O)CCc1cn2cc(Br)ncc2n1. The van der Waals surface area contributed by atoms with Crippen molar-refractivity contribution in [2.45, 2.75) is 12.8 Å². The van der Waals surface area contributed by atoms with Crippen LogP contribution in [0.2, 0.25) is 0 Å². The molecule has 0 fully saturated rings. The lowest BCUT2D eigenvalue weighted by Crippen LogP contribution is -1.97. The van der Waals surface area contributed by atoms with Crippen LogP contribution >= 0.6 is 15.9 Å². The predicted molar refractivity (Wildman–Crippen MR) is 56.6 cm³/mol. The van der Waals surface area contributed by atoms with E-state index < -0.39 is 5.97 Å². The highest BCUT2D eigenvalue weighted by Gasteiger charge is 2.04. The number of aromatic nitrogens is 3. The number of carboxylic acids is 1. The molecule has 2 heterocycles. The minimum atomic E-state index is -0.814. The number of imidazole rings is 1. The molecule has 0 aliphatic rings. The fraction of sp³-hybridized carbons (Fsp3) is 0.222. The summed E-state index contributed by atoms with van der Waals surface area (Å²) in [6.45, 7) is 0. The predicted octanol–water partition coefficient (Wildman–Crippen LogP) is 1.51.